The van der Waals surface area contributed by atoms with Crippen molar-refractivity contribution in [1.82, 2.24) is 9.55 Å². The molecule has 0 aliphatic carbocycles. The molecule has 0 fully saturated rings. The number of hydrogen-bond donors (Lipinski definition) is 1. The van der Waals surface area contributed by atoms with E-state index in [1.165, 1.54) is 11.6 Å². The van der Waals surface area contributed by atoms with Gasteiger partial charge in [0.1, 0.15) is 12.4 Å². The third kappa shape index (κ3) is 4.99. The molecule has 0 bridgehead atoms. The highest BCUT2D eigenvalue weighted by molar-refractivity contribution is 7.90. The molecule has 1 atom stereocenters. The fourth-order valence-corrected chi connectivity index (χ4v) is 4.74. The molecule has 2 N–H and O–H groups in total. The number of furan rings is 1. The highest BCUT2D eigenvalue weighted by atomic mass is 32.2. The Morgan fingerprint density at radius 3 is 2.71 bits per heavy atom. The van der Waals surface area contributed by atoms with Crippen LogP contribution in [-0.4, -0.2) is 36.9 Å². The monoisotopic (exact) mass is 487 g/mol. The van der Waals surface area contributed by atoms with Crippen LogP contribution >= 0.6 is 0 Å². The van der Waals surface area contributed by atoms with Crippen LogP contribution < -0.4 is 10.5 Å². The van der Waals surface area contributed by atoms with E-state index in [1.807, 2.05) is 36.5 Å². The van der Waals surface area contributed by atoms with Crippen molar-refractivity contribution < 1.29 is 17.6 Å². The number of benzene rings is 2. The average Bonchev–Trinajstić information content (AvgIpc) is 3.53. The first-order valence-electron chi connectivity index (χ1n) is 11.1. The lowest BCUT2D eigenvalue weighted by molar-refractivity contribution is 0.276. The van der Waals surface area contributed by atoms with Crippen LogP contribution in [0.1, 0.15) is 0 Å². The SMILES string of the molecule is CS(=O)(=O)c1cccc(-c2cc(OC[C@@H](N)Cn3ccc4ccccc43)cnc2-c2ccoc2)c1. The Kier molecular flexibility index (Phi) is 6.15. The highest BCUT2D eigenvalue weighted by Crippen LogP contribution is 2.34. The van der Waals surface area contributed by atoms with E-state index in [-0.39, 0.29) is 10.9 Å². The smallest absolute Gasteiger partial charge is 0.175 e. The average molecular weight is 488 g/mol. The summed E-state index contributed by atoms with van der Waals surface area (Å²) in [6, 6.07) is 20.4. The number of aromatic nitrogens is 2. The molecule has 0 radical (unpaired) electrons. The van der Waals surface area contributed by atoms with Crippen LogP contribution in [0.4, 0.5) is 0 Å². The minimum absolute atomic E-state index is 0.237. The molecule has 5 aromatic rings. The number of sulfone groups is 1. The minimum atomic E-state index is -3.36. The van der Waals surface area contributed by atoms with E-state index >= 15 is 0 Å². The Hall–Kier alpha value is -3.88. The summed E-state index contributed by atoms with van der Waals surface area (Å²) in [5, 5.41) is 1.17. The maximum Gasteiger partial charge on any atom is 0.175 e. The van der Waals surface area contributed by atoms with Gasteiger partial charge < -0.3 is 19.5 Å². The second-order valence-corrected chi connectivity index (χ2v) is 10.5. The van der Waals surface area contributed by atoms with E-state index in [0.717, 1.165) is 16.6 Å². The lowest BCUT2D eigenvalue weighted by Gasteiger charge is -2.16. The highest BCUT2D eigenvalue weighted by Gasteiger charge is 2.16. The van der Waals surface area contributed by atoms with Crippen molar-refractivity contribution in [3.05, 3.63) is 91.7 Å². The van der Waals surface area contributed by atoms with Crippen molar-refractivity contribution >= 4 is 20.7 Å². The van der Waals surface area contributed by atoms with Gasteiger partial charge in [-0.3, -0.25) is 4.98 Å². The third-order valence-corrected chi connectivity index (χ3v) is 6.92. The normalized spacial score (nSPS) is 12.6. The summed E-state index contributed by atoms with van der Waals surface area (Å²) < 4.78 is 37.6. The van der Waals surface area contributed by atoms with Crippen molar-refractivity contribution in [1.29, 1.82) is 0 Å². The maximum atomic E-state index is 12.1. The summed E-state index contributed by atoms with van der Waals surface area (Å²) in [5.41, 5.74) is 10.4. The zero-order valence-corrected chi connectivity index (χ0v) is 20.0. The van der Waals surface area contributed by atoms with Gasteiger partial charge in [0.05, 0.1) is 35.4 Å². The van der Waals surface area contributed by atoms with Gasteiger partial charge in [0.2, 0.25) is 0 Å². The van der Waals surface area contributed by atoms with Crippen molar-refractivity contribution in [2.75, 3.05) is 12.9 Å². The van der Waals surface area contributed by atoms with Crippen LogP contribution in [0.3, 0.4) is 0 Å². The Labute approximate surface area is 203 Å². The summed E-state index contributed by atoms with van der Waals surface area (Å²) in [4.78, 5) is 4.84. The van der Waals surface area contributed by atoms with Crippen molar-refractivity contribution in [2.45, 2.75) is 17.5 Å². The third-order valence-electron chi connectivity index (χ3n) is 5.81. The summed E-state index contributed by atoms with van der Waals surface area (Å²) in [7, 11) is -3.36. The van der Waals surface area contributed by atoms with Gasteiger partial charge in [0.25, 0.3) is 0 Å². The molecule has 0 unspecified atom stereocenters. The Balaban J connectivity index is 1.40. The molecule has 0 amide bonds. The van der Waals surface area contributed by atoms with Crippen LogP contribution in [0.5, 0.6) is 5.75 Å². The summed E-state index contributed by atoms with van der Waals surface area (Å²) >= 11 is 0. The fraction of sp³-hybridized carbons (Fsp3) is 0.148. The first-order chi connectivity index (χ1) is 16.9. The summed E-state index contributed by atoms with van der Waals surface area (Å²) in [6.07, 6.45) is 8.03. The van der Waals surface area contributed by atoms with Gasteiger partial charge in [-0.2, -0.15) is 0 Å². The zero-order valence-electron chi connectivity index (χ0n) is 19.2. The maximum absolute atomic E-state index is 12.1. The zero-order chi connectivity index (χ0) is 24.4. The first-order valence-corrected chi connectivity index (χ1v) is 13.0. The Bertz CT molecular complexity index is 1570. The second kappa shape index (κ2) is 9.40. The molecule has 178 valence electrons. The molecule has 0 spiro atoms. The predicted octanol–water partition coefficient (Wildman–Crippen LogP) is 4.77. The van der Waals surface area contributed by atoms with Crippen LogP contribution in [0, 0.1) is 0 Å². The molecular weight excluding hydrogens is 462 g/mol. The van der Waals surface area contributed by atoms with E-state index in [0.29, 0.717) is 30.2 Å². The van der Waals surface area contributed by atoms with Gasteiger partial charge in [-0.15, -0.1) is 0 Å². The number of rotatable bonds is 8. The number of pyridine rings is 1. The number of hydrogen-bond acceptors (Lipinski definition) is 6. The molecule has 3 heterocycles. The molecule has 8 heteroatoms. The number of para-hydroxylation sites is 1. The lowest BCUT2D eigenvalue weighted by Crippen LogP contribution is -2.32. The minimum Gasteiger partial charge on any atom is -0.490 e. The van der Waals surface area contributed by atoms with E-state index in [9.17, 15) is 8.42 Å². The molecule has 0 saturated heterocycles. The molecule has 0 aliphatic rings. The molecule has 3 aromatic heterocycles. The number of ether oxygens (including phenoxy) is 1. The van der Waals surface area contributed by atoms with Gasteiger partial charge in [-0.05, 0) is 47.3 Å². The van der Waals surface area contributed by atoms with Crippen LogP contribution in [0.25, 0.3) is 33.3 Å². The van der Waals surface area contributed by atoms with E-state index in [4.69, 9.17) is 14.9 Å². The van der Waals surface area contributed by atoms with Gasteiger partial charge in [0.15, 0.2) is 9.84 Å². The molecule has 5 rings (SSSR count). The standard InChI is InChI=1S/C27H25N3O4S/c1-35(31,32)24-7-4-6-20(13-24)25-14-23(15-29-27(25)21-10-12-33-17-21)34-18-22(28)16-30-11-9-19-5-2-3-8-26(19)30/h2-15,17,22H,16,18,28H2,1H3/t22-/m0/s1. The number of fused-ring (bicyclic) bond motifs is 1. The molecule has 0 aliphatic heterocycles. The topological polar surface area (TPSA) is 100 Å². The number of nitrogens with zero attached hydrogens (tertiary/aromatic N) is 2. The van der Waals surface area contributed by atoms with Gasteiger partial charge in [-0.25, -0.2) is 8.42 Å². The second-order valence-electron chi connectivity index (χ2n) is 8.48. The first kappa shape index (κ1) is 22.9. The van der Waals surface area contributed by atoms with Crippen LogP contribution in [0.15, 0.2) is 101 Å². The van der Waals surface area contributed by atoms with Crippen LogP contribution in [-0.2, 0) is 16.4 Å². The lowest BCUT2D eigenvalue weighted by atomic mass is 10.0. The molecule has 35 heavy (non-hydrogen) atoms. The largest absolute Gasteiger partial charge is 0.490 e. The summed E-state index contributed by atoms with van der Waals surface area (Å²) in [5.74, 6) is 0.546. The Morgan fingerprint density at radius 2 is 1.91 bits per heavy atom. The van der Waals surface area contributed by atoms with Crippen molar-refractivity contribution in [3.8, 4) is 28.1 Å². The quantitative estimate of drug-likeness (QED) is 0.338. The van der Waals surface area contributed by atoms with Gasteiger partial charge in [0, 0.05) is 35.6 Å². The molecule has 7 nitrogen and oxygen atoms in total. The summed E-state index contributed by atoms with van der Waals surface area (Å²) in [6.45, 7) is 0.902. The number of nitrogens with two attached hydrogens (primary N) is 1. The van der Waals surface area contributed by atoms with Gasteiger partial charge >= 0.3 is 0 Å². The van der Waals surface area contributed by atoms with Crippen LogP contribution in [0.2, 0.25) is 0 Å². The molecule has 2 aromatic carbocycles. The molecule has 0 saturated carbocycles. The van der Waals surface area contributed by atoms with Gasteiger partial charge in [-0.1, -0.05) is 30.3 Å². The van der Waals surface area contributed by atoms with Crippen molar-refractivity contribution in [3.63, 3.8) is 0 Å². The fourth-order valence-electron chi connectivity index (χ4n) is 4.08. The van der Waals surface area contributed by atoms with Crippen molar-refractivity contribution in [2.24, 2.45) is 5.73 Å². The molecular formula is C27H25N3O4S. The van der Waals surface area contributed by atoms with E-state index < -0.39 is 9.84 Å². The van der Waals surface area contributed by atoms with E-state index in [2.05, 4.69) is 27.8 Å². The Morgan fingerprint density at radius 1 is 1.06 bits per heavy atom. The predicted molar refractivity (Wildman–Crippen MR) is 136 cm³/mol. The van der Waals surface area contributed by atoms with E-state index in [1.54, 1.807) is 36.9 Å².